The summed E-state index contributed by atoms with van der Waals surface area (Å²) in [5.74, 6) is 0. The molecule has 1 N–H and O–H groups in total. The normalized spacial score (nSPS) is 11.6. The number of aromatic nitrogens is 3. The van der Waals surface area contributed by atoms with Crippen molar-refractivity contribution in [3.63, 3.8) is 0 Å². The monoisotopic (exact) mass is 249 g/mol. The van der Waals surface area contributed by atoms with Gasteiger partial charge in [-0.1, -0.05) is 24.3 Å². The molecular formula is C15H11N3O. The molecule has 0 aliphatic heterocycles. The van der Waals surface area contributed by atoms with Crippen LogP contribution in [0.5, 0.6) is 0 Å². The molecule has 4 nitrogen and oxygen atoms in total. The van der Waals surface area contributed by atoms with Crippen LogP contribution in [0.3, 0.4) is 0 Å². The van der Waals surface area contributed by atoms with E-state index in [4.69, 9.17) is 0 Å². The van der Waals surface area contributed by atoms with Crippen LogP contribution in [0.25, 0.3) is 32.7 Å². The number of H-pyrrole nitrogens is 1. The number of benzene rings is 2. The van der Waals surface area contributed by atoms with Crippen molar-refractivity contribution in [2.45, 2.75) is 0 Å². The number of pyridine rings is 1. The molecule has 0 fully saturated rings. The summed E-state index contributed by atoms with van der Waals surface area (Å²) in [6, 6.07) is 11.8. The van der Waals surface area contributed by atoms with Crippen LogP contribution >= 0.6 is 0 Å². The van der Waals surface area contributed by atoms with Crippen LogP contribution in [0.4, 0.5) is 0 Å². The van der Waals surface area contributed by atoms with Gasteiger partial charge in [0.05, 0.1) is 17.2 Å². The van der Waals surface area contributed by atoms with Crippen LogP contribution in [0.15, 0.2) is 47.5 Å². The average molecular weight is 249 g/mol. The van der Waals surface area contributed by atoms with E-state index in [0.717, 1.165) is 27.3 Å². The summed E-state index contributed by atoms with van der Waals surface area (Å²) in [5, 5.41) is 2.66. The van der Waals surface area contributed by atoms with Crippen molar-refractivity contribution < 1.29 is 0 Å². The highest BCUT2D eigenvalue weighted by molar-refractivity contribution is 6.14. The third-order valence-corrected chi connectivity index (χ3v) is 3.59. The van der Waals surface area contributed by atoms with Crippen LogP contribution in [-0.4, -0.2) is 14.5 Å². The predicted molar refractivity (Wildman–Crippen MR) is 76.3 cm³/mol. The number of fused-ring (bicyclic) bond motifs is 5. The van der Waals surface area contributed by atoms with Crippen molar-refractivity contribution in [1.29, 1.82) is 0 Å². The second-order valence-corrected chi connectivity index (χ2v) is 4.71. The number of nitrogens with one attached hydrogen (secondary N) is 1. The van der Waals surface area contributed by atoms with Gasteiger partial charge in [0.25, 0.3) is 5.56 Å². The number of rotatable bonds is 0. The number of para-hydroxylation sites is 1. The zero-order chi connectivity index (χ0) is 13.0. The van der Waals surface area contributed by atoms with Gasteiger partial charge in [-0.25, -0.2) is 4.98 Å². The molecule has 2 aromatic carbocycles. The van der Waals surface area contributed by atoms with E-state index in [-0.39, 0.29) is 5.56 Å². The van der Waals surface area contributed by atoms with Gasteiger partial charge in [-0.05, 0) is 17.5 Å². The molecule has 92 valence electrons. The molecule has 0 bridgehead atoms. The fourth-order valence-corrected chi connectivity index (χ4v) is 2.67. The van der Waals surface area contributed by atoms with Crippen molar-refractivity contribution in [1.82, 2.24) is 14.5 Å². The van der Waals surface area contributed by atoms with Crippen LogP contribution in [-0.2, 0) is 7.05 Å². The largest absolute Gasteiger partial charge is 0.334 e. The van der Waals surface area contributed by atoms with E-state index in [2.05, 4.69) is 9.97 Å². The van der Waals surface area contributed by atoms with Gasteiger partial charge >= 0.3 is 0 Å². The molecule has 0 saturated heterocycles. The molecule has 0 aliphatic rings. The second kappa shape index (κ2) is 3.45. The fraction of sp³-hybridized carbons (Fsp3) is 0.0667. The first-order chi connectivity index (χ1) is 9.25. The van der Waals surface area contributed by atoms with E-state index in [9.17, 15) is 4.79 Å². The number of aromatic amines is 1. The first kappa shape index (κ1) is 10.3. The van der Waals surface area contributed by atoms with E-state index < -0.39 is 0 Å². The van der Waals surface area contributed by atoms with E-state index in [1.54, 1.807) is 6.33 Å². The Kier molecular flexibility index (Phi) is 1.87. The summed E-state index contributed by atoms with van der Waals surface area (Å²) in [5.41, 5.74) is 2.49. The Morgan fingerprint density at radius 1 is 1.11 bits per heavy atom. The summed E-state index contributed by atoms with van der Waals surface area (Å²) >= 11 is 0. The maximum Gasteiger partial charge on any atom is 0.258 e. The molecule has 19 heavy (non-hydrogen) atoms. The third-order valence-electron chi connectivity index (χ3n) is 3.59. The summed E-state index contributed by atoms with van der Waals surface area (Å²) in [6.07, 6.45) is 1.73. The zero-order valence-electron chi connectivity index (χ0n) is 10.3. The molecule has 0 atom stereocenters. The minimum atomic E-state index is -0.0852. The van der Waals surface area contributed by atoms with Gasteiger partial charge in [0.1, 0.15) is 5.52 Å². The molecule has 0 aliphatic carbocycles. The number of aryl methyl sites for hydroxylation is 1. The highest BCUT2D eigenvalue weighted by Gasteiger charge is 2.11. The van der Waals surface area contributed by atoms with Crippen molar-refractivity contribution >= 4 is 32.7 Å². The van der Waals surface area contributed by atoms with E-state index in [0.29, 0.717) is 5.39 Å². The minimum absolute atomic E-state index is 0.0852. The molecule has 2 heterocycles. The summed E-state index contributed by atoms with van der Waals surface area (Å²) in [6.45, 7) is 0. The van der Waals surface area contributed by atoms with Gasteiger partial charge in [0.15, 0.2) is 0 Å². The second-order valence-electron chi connectivity index (χ2n) is 4.71. The fourth-order valence-electron chi connectivity index (χ4n) is 2.67. The van der Waals surface area contributed by atoms with Gasteiger partial charge < -0.3 is 9.55 Å². The van der Waals surface area contributed by atoms with Crippen LogP contribution in [0.1, 0.15) is 0 Å². The quantitative estimate of drug-likeness (QED) is 0.487. The lowest BCUT2D eigenvalue weighted by Gasteiger charge is -2.04. The zero-order valence-corrected chi connectivity index (χ0v) is 10.3. The highest BCUT2D eigenvalue weighted by Crippen LogP contribution is 2.26. The highest BCUT2D eigenvalue weighted by atomic mass is 16.1. The Morgan fingerprint density at radius 2 is 1.95 bits per heavy atom. The smallest absolute Gasteiger partial charge is 0.258 e. The standard InChI is InChI=1S/C15H11N3O/c1-18-8-16-14-12(18)7-6-10-9-4-2-3-5-11(9)17-15(19)13(10)14/h2-8H,1H3,(H,17,19). The molecule has 4 rings (SSSR count). The molecule has 0 amide bonds. The third kappa shape index (κ3) is 1.28. The molecule has 2 aromatic heterocycles. The SMILES string of the molecule is Cn1cnc2c3c(=O)[nH]c4ccccc4c3ccc21. The first-order valence-electron chi connectivity index (χ1n) is 6.10. The van der Waals surface area contributed by atoms with E-state index in [1.165, 1.54) is 0 Å². The van der Waals surface area contributed by atoms with Crippen molar-refractivity contribution in [3.8, 4) is 0 Å². The lowest BCUT2D eigenvalue weighted by atomic mass is 10.1. The van der Waals surface area contributed by atoms with E-state index >= 15 is 0 Å². The summed E-state index contributed by atoms with van der Waals surface area (Å²) < 4.78 is 1.92. The topological polar surface area (TPSA) is 50.7 Å². The minimum Gasteiger partial charge on any atom is -0.334 e. The summed E-state index contributed by atoms with van der Waals surface area (Å²) in [7, 11) is 1.93. The Balaban J connectivity index is 2.39. The first-order valence-corrected chi connectivity index (χ1v) is 6.10. The van der Waals surface area contributed by atoms with Crippen molar-refractivity contribution in [3.05, 3.63) is 53.1 Å². The Labute approximate surface area is 108 Å². The van der Waals surface area contributed by atoms with Gasteiger partial charge in [0.2, 0.25) is 0 Å². The number of hydrogen-bond donors (Lipinski definition) is 1. The van der Waals surface area contributed by atoms with Crippen LogP contribution in [0.2, 0.25) is 0 Å². The number of hydrogen-bond acceptors (Lipinski definition) is 2. The maximum absolute atomic E-state index is 12.3. The van der Waals surface area contributed by atoms with Crippen LogP contribution in [0, 0.1) is 0 Å². The van der Waals surface area contributed by atoms with E-state index in [1.807, 2.05) is 48.0 Å². The number of nitrogens with zero attached hydrogens (tertiary/aromatic N) is 2. The van der Waals surface area contributed by atoms with Crippen molar-refractivity contribution in [2.24, 2.45) is 7.05 Å². The average Bonchev–Trinajstić information content (AvgIpc) is 2.80. The molecule has 0 saturated carbocycles. The predicted octanol–water partition coefficient (Wildman–Crippen LogP) is 2.57. The molecular weight excluding hydrogens is 238 g/mol. The Hall–Kier alpha value is -2.62. The Morgan fingerprint density at radius 3 is 2.84 bits per heavy atom. The van der Waals surface area contributed by atoms with Gasteiger partial charge in [-0.15, -0.1) is 0 Å². The van der Waals surface area contributed by atoms with Crippen LogP contribution < -0.4 is 5.56 Å². The molecule has 4 aromatic rings. The molecule has 0 spiro atoms. The van der Waals surface area contributed by atoms with Gasteiger partial charge in [-0.2, -0.15) is 0 Å². The maximum atomic E-state index is 12.3. The molecule has 4 heteroatoms. The lowest BCUT2D eigenvalue weighted by molar-refractivity contribution is 0.948. The van der Waals surface area contributed by atoms with Gasteiger partial charge in [0, 0.05) is 18.0 Å². The molecule has 0 radical (unpaired) electrons. The van der Waals surface area contributed by atoms with Gasteiger partial charge in [-0.3, -0.25) is 4.79 Å². The number of imidazole rings is 1. The van der Waals surface area contributed by atoms with Crippen molar-refractivity contribution in [2.75, 3.05) is 0 Å². The summed E-state index contributed by atoms with van der Waals surface area (Å²) in [4.78, 5) is 19.6. The Bertz CT molecular complexity index is 995. The molecule has 0 unspecified atom stereocenters. The lowest BCUT2D eigenvalue weighted by Crippen LogP contribution is -2.07.